The molecule has 0 bridgehead atoms. The Kier molecular flexibility index (Phi) is 5.71. The SMILES string of the molecule is O=C(CCCc1ccc(Cl)cc1)Nc1cccc(C(=O)NC2CC2)c1. The van der Waals surface area contributed by atoms with Crippen LogP contribution in [0.3, 0.4) is 0 Å². The molecule has 0 aliphatic heterocycles. The average molecular weight is 357 g/mol. The van der Waals surface area contributed by atoms with Gasteiger partial charge in [-0.15, -0.1) is 0 Å². The fraction of sp³-hybridized carbons (Fsp3) is 0.300. The summed E-state index contributed by atoms with van der Waals surface area (Å²) in [5, 5.41) is 6.52. The summed E-state index contributed by atoms with van der Waals surface area (Å²) < 4.78 is 0. The van der Waals surface area contributed by atoms with Gasteiger partial charge in [0.25, 0.3) is 5.91 Å². The fourth-order valence-electron chi connectivity index (χ4n) is 2.56. The Balaban J connectivity index is 1.47. The topological polar surface area (TPSA) is 58.2 Å². The minimum absolute atomic E-state index is 0.0475. The lowest BCUT2D eigenvalue weighted by Crippen LogP contribution is -2.25. The van der Waals surface area contributed by atoms with Crippen LogP contribution >= 0.6 is 11.6 Å². The van der Waals surface area contributed by atoms with Crippen LogP contribution in [-0.2, 0) is 11.2 Å². The first-order chi connectivity index (χ1) is 12.1. The molecule has 2 aromatic rings. The highest BCUT2D eigenvalue weighted by atomic mass is 35.5. The molecule has 0 spiro atoms. The van der Waals surface area contributed by atoms with Crippen LogP contribution in [0.15, 0.2) is 48.5 Å². The van der Waals surface area contributed by atoms with Crippen molar-refractivity contribution in [2.75, 3.05) is 5.32 Å². The van der Waals surface area contributed by atoms with Gasteiger partial charge in [-0.25, -0.2) is 0 Å². The molecule has 5 heteroatoms. The molecule has 2 amide bonds. The Morgan fingerprint density at radius 3 is 2.56 bits per heavy atom. The highest BCUT2D eigenvalue weighted by Crippen LogP contribution is 2.20. The van der Waals surface area contributed by atoms with Gasteiger partial charge in [0.2, 0.25) is 5.91 Å². The van der Waals surface area contributed by atoms with E-state index in [2.05, 4.69) is 10.6 Å². The van der Waals surface area contributed by atoms with Gasteiger partial charge in [0.15, 0.2) is 0 Å². The zero-order chi connectivity index (χ0) is 17.6. The summed E-state index contributed by atoms with van der Waals surface area (Å²) in [6.45, 7) is 0. The first kappa shape index (κ1) is 17.5. The Labute approximate surface area is 152 Å². The van der Waals surface area contributed by atoms with E-state index in [0.717, 1.165) is 31.2 Å². The average Bonchev–Trinajstić information content (AvgIpc) is 3.41. The van der Waals surface area contributed by atoms with Crippen molar-refractivity contribution in [3.63, 3.8) is 0 Å². The standard InChI is InChI=1S/C20H21ClN2O2/c21-16-9-7-14(8-10-16)3-1-6-19(24)22-18-5-2-4-15(13-18)20(25)23-17-11-12-17/h2,4-5,7-10,13,17H,1,3,6,11-12H2,(H,22,24)(H,23,25). The lowest BCUT2D eigenvalue weighted by Gasteiger charge is -2.08. The number of carbonyl (C=O) groups is 2. The maximum atomic E-state index is 12.1. The molecule has 2 N–H and O–H groups in total. The van der Waals surface area contributed by atoms with Crippen LogP contribution in [0.25, 0.3) is 0 Å². The summed E-state index contributed by atoms with van der Waals surface area (Å²) in [6.07, 6.45) is 4.12. The molecule has 0 atom stereocenters. The monoisotopic (exact) mass is 356 g/mol. The minimum Gasteiger partial charge on any atom is -0.349 e. The molecule has 130 valence electrons. The van der Waals surface area contributed by atoms with Crippen molar-refractivity contribution >= 4 is 29.1 Å². The quantitative estimate of drug-likeness (QED) is 0.781. The zero-order valence-electron chi connectivity index (χ0n) is 13.9. The maximum absolute atomic E-state index is 12.1. The van der Waals surface area contributed by atoms with Gasteiger partial charge in [-0.3, -0.25) is 9.59 Å². The Hall–Kier alpha value is -2.33. The number of hydrogen-bond acceptors (Lipinski definition) is 2. The van der Waals surface area contributed by atoms with E-state index in [1.807, 2.05) is 24.3 Å². The molecule has 3 rings (SSSR count). The van der Waals surface area contributed by atoms with Crippen LogP contribution < -0.4 is 10.6 Å². The van der Waals surface area contributed by atoms with E-state index in [4.69, 9.17) is 11.6 Å². The number of hydrogen-bond donors (Lipinski definition) is 2. The summed E-state index contributed by atoms with van der Waals surface area (Å²) >= 11 is 5.86. The number of benzene rings is 2. The van der Waals surface area contributed by atoms with Gasteiger partial charge in [0.05, 0.1) is 0 Å². The lowest BCUT2D eigenvalue weighted by atomic mass is 10.1. The summed E-state index contributed by atoms with van der Waals surface area (Å²) in [6, 6.07) is 15.0. The van der Waals surface area contributed by atoms with Gasteiger partial charge < -0.3 is 10.6 Å². The van der Waals surface area contributed by atoms with E-state index in [0.29, 0.717) is 28.7 Å². The molecule has 2 aromatic carbocycles. The van der Waals surface area contributed by atoms with Crippen LogP contribution in [0.2, 0.25) is 5.02 Å². The van der Waals surface area contributed by atoms with Crippen molar-refractivity contribution in [3.05, 3.63) is 64.7 Å². The molecule has 1 aliphatic carbocycles. The number of carbonyl (C=O) groups excluding carboxylic acids is 2. The molecule has 0 radical (unpaired) electrons. The Bertz CT molecular complexity index is 755. The van der Waals surface area contributed by atoms with Crippen molar-refractivity contribution in [2.45, 2.75) is 38.1 Å². The smallest absolute Gasteiger partial charge is 0.251 e. The van der Waals surface area contributed by atoms with Crippen molar-refractivity contribution in [1.82, 2.24) is 5.32 Å². The molecule has 0 heterocycles. The first-order valence-corrected chi connectivity index (χ1v) is 8.93. The van der Waals surface area contributed by atoms with Gasteiger partial charge in [-0.1, -0.05) is 29.8 Å². The van der Waals surface area contributed by atoms with Gasteiger partial charge in [0.1, 0.15) is 0 Å². The Morgan fingerprint density at radius 1 is 1.08 bits per heavy atom. The molecular formula is C20H21ClN2O2. The number of nitrogens with one attached hydrogen (secondary N) is 2. The van der Waals surface area contributed by atoms with Crippen LogP contribution in [0, 0.1) is 0 Å². The second-order valence-corrected chi connectivity index (χ2v) is 6.79. The zero-order valence-corrected chi connectivity index (χ0v) is 14.7. The summed E-state index contributed by atoms with van der Waals surface area (Å²) in [5.74, 6) is -0.130. The maximum Gasteiger partial charge on any atom is 0.251 e. The van der Waals surface area contributed by atoms with Crippen LogP contribution in [0.4, 0.5) is 5.69 Å². The molecule has 25 heavy (non-hydrogen) atoms. The minimum atomic E-state index is -0.0821. The molecule has 0 aromatic heterocycles. The van der Waals surface area contributed by atoms with Crippen molar-refractivity contribution in [3.8, 4) is 0 Å². The second kappa shape index (κ2) is 8.17. The predicted molar refractivity (Wildman–Crippen MR) is 99.9 cm³/mol. The van der Waals surface area contributed by atoms with Crippen molar-refractivity contribution in [1.29, 1.82) is 0 Å². The molecular weight excluding hydrogens is 336 g/mol. The highest BCUT2D eigenvalue weighted by Gasteiger charge is 2.23. The van der Waals surface area contributed by atoms with E-state index in [-0.39, 0.29) is 11.8 Å². The number of aryl methyl sites for hydroxylation is 1. The Morgan fingerprint density at radius 2 is 1.84 bits per heavy atom. The lowest BCUT2D eigenvalue weighted by molar-refractivity contribution is -0.116. The fourth-order valence-corrected chi connectivity index (χ4v) is 2.69. The number of rotatable bonds is 7. The first-order valence-electron chi connectivity index (χ1n) is 8.55. The highest BCUT2D eigenvalue weighted by molar-refractivity contribution is 6.30. The van der Waals surface area contributed by atoms with Gasteiger partial charge in [-0.05, 0) is 61.6 Å². The molecule has 0 unspecified atom stereocenters. The summed E-state index contributed by atoms with van der Waals surface area (Å²) in [5.41, 5.74) is 2.39. The molecule has 1 fully saturated rings. The van der Waals surface area contributed by atoms with Gasteiger partial charge in [-0.2, -0.15) is 0 Å². The van der Waals surface area contributed by atoms with Crippen LogP contribution in [-0.4, -0.2) is 17.9 Å². The number of halogens is 1. The number of anilines is 1. The van der Waals surface area contributed by atoms with E-state index < -0.39 is 0 Å². The largest absolute Gasteiger partial charge is 0.349 e. The normalized spacial score (nSPS) is 13.3. The third kappa shape index (κ3) is 5.61. The van der Waals surface area contributed by atoms with Crippen molar-refractivity contribution < 1.29 is 9.59 Å². The molecule has 1 saturated carbocycles. The van der Waals surface area contributed by atoms with Crippen LogP contribution in [0.5, 0.6) is 0 Å². The van der Waals surface area contributed by atoms with E-state index in [1.54, 1.807) is 24.3 Å². The predicted octanol–water partition coefficient (Wildman–Crippen LogP) is 4.19. The van der Waals surface area contributed by atoms with Crippen molar-refractivity contribution in [2.24, 2.45) is 0 Å². The van der Waals surface area contributed by atoms with Gasteiger partial charge >= 0.3 is 0 Å². The van der Waals surface area contributed by atoms with Crippen LogP contribution in [0.1, 0.15) is 41.6 Å². The summed E-state index contributed by atoms with van der Waals surface area (Å²) in [7, 11) is 0. The third-order valence-corrected chi connectivity index (χ3v) is 4.36. The van der Waals surface area contributed by atoms with E-state index in [9.17, 15) is 9.59 Å². The molecule has 4 nitrogen and oxygen atoms in total. The van der Waals surface area contributed by atoms with Gasteiger partial charge in [0, 0.05) is 28.7 Å². The third-order valence-electron chi connectivity index (χ3n) is 4.10. The van der Waals surface area contributed by atoms with E-state index >= 15 is 0 Å². The molecule has 1 aliphatic rings. The van der Waals surface area contributed by atoms with E-state index in [1.165, 1.54) is 0 Å². The summed E-state index contributed by atoms with van der Waals surface area (Å²) in [4.78, 5) is 24.1. The second-order valence-electron chi connectivity index (χ2n) is 6.36. The number of amides is 2. The molecule has 0 saturated heterocycles.